The second kappa shape index (κ2) is 7.13. The van der Waals surface area contributed by atoms with Gasteiger partial charge in [0.25, 0.3) is 5.56 Å². The van der Waals surface area contributed by atoms with Crippen molar-refractivity contribution in [3.8, 4) is 0 Å². The fourth-order valence-electron chi connectivity index (χ4n) is 3.40. The zero-order valence-corrected chi connectivity index (χ0v) is 15.7. The van der Waals surface area contributed by atoms with Crippen LogP contribution >= 0.6 is 11.8 Å². The van der Waals surface area contributed by atoms with Crippen molar-refractivity contribution in [1.82, 2.24) is 14.5 Å². The number of thioether (sulfide) groups is 1. The second-order valence-corrected chi connectivity index (χ2v) is 7.91. The highest BCUT2D eigenvalue weighted by molar-refractivity contribution is 8.00. The third-order valence-corrected chi connectivity index (χ3v) is 6.07. The minimum absolute atomic E-state index is 0.0360. The van der Waals surface area contributed by atoms with Crippen LogP contribution < -0.4 is 5.56 Å². The Morgan fingerprint density at radius 2 is 2.17 bits per heavy atom. The van der Waals surface area contributed by atoms with Gasteiger partial charge in [-0.25, -0.2) is 4.98 Å². The van der Waals surface area contributed by atoms with Gasteiger partial charge in [-0.3, -0.25) is 14.4 Å². The third kappa shape index (κ3) is 3.04. The number of allylic oxidation sites excluding steroid dienone is 1. The lowest BCUT2D eigenvalue weighted by molar-refractivity contribution is 0.440. The zero-order valence-electron chi connectivity index (χ0n) is 14.9. The van der Waals surface area contributed by atoms with Crippen molar-refractivity contribution in [2.75, 3.05) is 14.1 Å². The van der Waals surface area contributed by atoms with E-state index < -0.39 is 0 Å². The Hall–Kier alpha value is -1.56. The first kappa shape index (κ1) is 17.3. The molecule has 1 aromatic heterocycles. The van der Waals surface area contributed by atoms with Crippen LogP contribution in [-0.4, -0.2) is 40.1 Å². The zero-order chi connectivity index (χ0) is 17.3. The number of aliphatic imine (C=N–C) groups is 1. The maximum Gasteiger partial charge on any atom is 0.267 e. The lowest BCUT2D eigenvalue weighted by atomic mass is 9.98. The molecule has 5 nitrogen and oxygen atoms in total. The van der Waals surface area contributed by atoms with Gasteiger partial charge in [0.1, 0.15) is 5.37 Å². The molecule has 0 amide bonds. The lowest BCUT2D eigenvalue weighted by Gasteiger charge is -2.27. The first-order chi connectivity index (χ1) is 11.5. The number of fused-ring (bicyclic) bond motifs is 3. The first-order valence-electron chi connectivity index (χ1n) is 8.73. The molecular formula is C18H26N4OS. The van der Waals surface area contributed by atoms with Crippen molar-refractivity contribution in [3.63, 3.8) is 0 Å². The summed E-state index contributed by atoms with van der Waals surface area (Å²) in [5, 5.41) is 0.0360. The van der Waals surface area contributed by atoms with Crippen molar-refractivity contribution >= 4 is 18.0 Å². The van der Waals surface area contributed by atoms with Crippen molar-refractivity contribution in [1.29, 1.82) is 0 Å². The Morgan fingerprint density at radius 1 is 1.38 bits per heavy atom. The number of nitrogens with zero attached hydrogens (tertiary/aromatic N) is 4. The standard InChI is InChI=1S/C18H26N4OS/c1-5-6-7-8-12(2)22-11-20-15-14-13(21(3)4)9-10-19-17(14)24-16(15)18(22)23/h9-12,14,17H,5-8H2,1-4H3. The fourth-order valence-corrected chi connectivity index (χ4v) is 4.68. The van der Waals surface area contributed by atoms with Gasteiger partial charge in [-0.1, -0.05) is 37.9 Å². The number of unbranched alkanes of at least 4 members (excludes halogenated alkanes) is 2. The number of hydrogen-bond donors (Lipinski definition) is 0. The van der Waals surface area contributed by atoms with Crippen LogP contribution in [0.4, 0.5) is 0 Å². The van der Waals surface area contributed by atoms with Crippen LogP contribution in [0.25, 0.3) is 0 Å². The summed E-state index contributed by atoms with van der Waals surface area (Å²) in [6.45, 7) is 4.31. The summed E-state index contributed by atoms with van der Waals surface area (Å²) in [5.41, 5.74) is 2.16. The third-order valence-electron chi connectivity index (χ3n) is 4.81. The monoisotopic (exact) mass is 346 g/mol. The van der Waals surface area contributed by atoms with Gasteiger partial charge in [0.05, 0.1) is 22.8 Å². The minimum Gasteiger partial charge on any atom is -0.380 e. The van der Waals surface area contributed by atoms with Gasteiger partial charge in [-0.15, -0.1) is 0 Å². The Kier molecular flexibility index (Phi) is 5.13. The molecule has 0 aromatic carbocycles. The normalized spacial score (nSPS) is 22.8. The topological polar surface area (TPSA) is 50.5 Å². The number of likely N-dealkylation sites (N-methyl/N-ethyl adjacent to an activating group) is 1. The van der Waals surface area contributed by atoms with Crippen molar-refractivity contribution in [2.45, 2.75) is 61.8 Å². The van der Waals surface area contributed by atoms with Crippen LogP contribution in [0, 0.1) is 0 Å². The molecule has 24 heavy (non-hydrogen) atoms. The predicted molar refractivity (Wildman–Crippen MR) is 100.0 cm³/mol. The highest BCUT2D eigenvalue weighted by atomic mass is 32.2. The average molecular weight is 347 g/mol. The van der Waals surface area contributed by atoms with Crippen molar-refractivity contribution in [3.05, 3.63) is 34.1 Å². The molecule has 3 rings (SSSR count). The van der Waals surface area contributed by atoms with E-state index in [0.717, 1.165) is 23.4 Å². The number of aromatic nitrogens is 2. The van der Waals surface area contributed by atoms with Crippen molar-refractivity contribution < 1.29 is 0 Å². The van der Waals surface area contributed by atoms with Gasteiger partial charge in [0, 0.05) is 32.0 Å². The molecule has 3 heterocycles. The van der Waals surface area contributed by atoms with Crippen LogP contribution in [0.15, 0.2) is 32.8 Å². The van der Waals surface area contributed by atoms with Gasteiger partial charge in [-0.05, 0) is 19.4 Å². The average Bonchev–Trinajstić information content (AvgIpc) is 2.94. The Labute approximate surface area is 147 Å². The summed E-state index contributed by atoms with van der Waals surface area (Å²) in [5.74, 6) is 0.0859. The molecule has 0 radical (unpaired) electrons. The quantitative estimate of drug-likeness (QED) is 0.741. The minimum atomic E-state index is 0.0360. The van der Waals surface area contributed by atoms with Gasteiger partial charge in [-0.2, -0.15) is 0 Å². The molecule has 3 unspecified atom stereocenters. The molecule has 2 aliphatic rings. The van der Waals surface area contributed by atoms with Crippen LogP contribution in [0.3, 0.4) is 0 Å². The second-order valence-electron chi connectivity index (χ2n) is 6.79. The summed E-state index contributed by atoms with van der Waals surface area (Å²) in [4.78, 5) is 25.1. The predicted octanol–water partition coefficient (Wildman–Crippen LogP) is 3.43. The Bertz CT molecular complexity index is 722. The lowest BCUT2D eigenvalue weighted by Crippen LogP contribution is -2.27. The van der Waals surface area contributed by atoms with Crippen molar-refractivity contribution in [2.24, 2.45) is 4.99 Å². The molecule has 0 N–H and O–H groups in total. The molecule has 3 atom stereocenters. The van der Waals surface area contributed by atoms with E-state index >= 15 is 0 Å². The largest absolute Gasteiger partial charge is 0.380 e. The van der Waals surface area contributed by atoms with Crippen LogP contribution in [0.2, 0.25) is 0 Å². The summed E-state index contributed by atoms with van der Waals surface area (Å²) >= 11 is 1.57. The van der Waals surface area contributed by atoms with Crippen LogP contribution in [0.5, 0.6) is 0 Å². The van der Waals surface area contributed by atoms with E-state index in [-0.39, 0.29) is 22.9 Å². The van der Waals surface area contributed by atoms with E-state index in [1.54, 1.807) is 18.1 Å². The summed E-state index contributed by atoms with van der Waals surface area (Å²) in [6, 6.07) is 0.192. The van der Waals surface area contributed by atoms with E-state index in [9.17, 15) is 4.79 Å². The van der Waals surface area contributed by atoms with Gasteiger partial charge in [0.2, 0.25) is 0 Å². The van der Waals surface area contributed by atoms with Crippen LogP contribution in [-0.2, 0) is 0 Å². The SMILES string of the molecule is CCCCCC(C)n1cnc2c(c1=O)SC1N=CC=C(N(C)C)C21. The summed E-state index contributed by atoms with van der Waals surface area (Å²) in [7, 11) is 4.06. The summed E-state index contributed by atoms with van der Waals surface area (Å²) in [6.07, 6.45) is 10.2. The van der Waals surface area contributed by atoms with Gasteiger partial charge in [0.15, 0.2) is 0 Å². The molecular weight excluding hydrogens is 320 g/mol. The molecule has 6 heteroatoms. The molecule has 0 saturated heterocycles. The molecule has 1 aromatic rings. The fraction of sp³-hybridized carbons (Fsp3) is 0.611. The Balaban J connectivity index is 1.91. The molecule has 0 bridgehead atoms. The maximum atomic E-state index is 13.0. The summed E-state index contributed by atoms with van der Waals surface area (Å²) < 4.78 is 1.81. The van der Waals surface area contributed by atoms with E-state index in [4.69, 9.17) is 0 Å². The van der Waals surface area contributed by atoms with Gasteiger partial charge < -0.3 is 4.90 Å². The van der Waals surface area contributed by atoms with E-state index in [1.807, 2.05) is 31.0 Å². The van der Waals surface area contributed by atoms with Crippen LogP contribution in [0.1, 0.15) is 57.2 Å². The number of hydrogen-bond acceptors (Lipinski definition) is 5. The number of dihydropyridines is 1. The highest BCUT2D eigenvalue weighted by Gasteiger charge is 2.41. The van der Waals surface area contributed by atoms with E-state index in [1.165, 1.54) is 18.5 Å². The van der Waals surface area contributed by atoms with E-state index in [2.05, 4.69) is 28.7 Å². The first-order valence-corrected chi connectivity index (χ1v) is 9.61. The maximum absolute atomic E-state index is 13.0. The van der Waals surface area contributed by atoms with E-state index in [0.29, 0.717) is 0 Å². The molecule has 0 saturated carbocycles. The smallest absolute Gasteiger partial charge is 0.267 e. The molecule has 0 aliphatic carbocycles. The van der Waals surface area contributed by atoms with Gasteiger partial charge >= 0.3 is 0 Å². The molecule has 0 fully saturated rings. The Morgan fingerprint density at radius 3 is 2.88 bits per heavy atom. The molecule has 2 aliphatic heterocycles. The molecule has 0 spiro atoms. The highest BCUT2D eigenvalue weighted by Crippen LogP contribution is 2.48. The molecule has 130 valence electrons. The number of rotatable bonds is 6.